The van der Waals surface area contributed by atoms with Crippen LogP contribution in [0.1, 0.15) is 11.1 Å². The van der Waals surface area contributed by atoms with Crippen LogP contribution in [0.2, 0.25) is 0 Å². The van der Waals surface area contributed by atoms with Gasteiger partial charge in [0.1, 0.15) is 0 Å². The lowest BCUT2D eigenvalue weighted by molar-refractivity contribution is -0.385. The van der Waals surface area contributed by atoms with Gasteiger partial charge in [-0.1, -0.05) is 48.5 Å². The van der Waals surface area contributed by atoms with Gasteiger partial charge in [-0.25, -0.2) is 8.42 Å². The van der Waals surface area contributed by atoms with Gasteiger partial charge in [0.05, 0.1) is 17.1 Å². The lowest BCUT2D eigenvalue weighted by Crippen LogP contribution is -2.51. The Bertz CT molecular complexity index is 955. The van der Waals surface area contributed by atoms with E-state index in [-0.39, 0.29) is 49.9 Å². The molecule has 1 aliphatic heterocycles. The first-order valence-corrected chi connectivity index (χ1v) is 10.5. The van der Waals surface area contributed by atoms with Gasteiger partial charge in [0.15, 0.2) is 0 Å². The van der Waals surface area contributed by atoms with E-state index in [0.717, 1.165) is 5.56 Å². The molecular weight excluding hydrogens is 382 g/mol. The van der Waals surface area contributed by atoms with Gasteiger partial charge in [0.25, 0.3) is 5.69 Å². The van der Waals surface area contributed by atoms with E-state index in [2.05, 4.69) is 0 Å². The molecule has 28 heavy (non-hydrogen) atoms. The molecule has 0 aliphatic carbocycles. The molecule has 148 valence electrons. The number of carbonyl (C=O) groups is 1. The fourth-order valence-electron chi connectivity index (χ4n) is 3.20. The first kappa shape index (κ1) is 20.0. The molecule has 0 radical (unpaired) electrons. The highest BCUT2D eigenvalue weighted by Gasteiger charge is 2.29. The van der Waals surface area contributed by atoms with Crippen LogP contribution in [0.4, 0.5) is 5.69 Å². The summed E-state index contributed by atoms with van der Waals surface area (Å²) in [6.07, 6.45) is -0.0755. The van der Waals surface area contributed by atoms with Gasteiger partial charge in [-0.15, -0.1) is 0 Å². The van der Waals surface area contributed by atoms with Crippen molar-refractivity contribution in [2.45, 2.75) is 12.2 Å². The molecule has 0 bridgehead atoms. The van der Waals surface area contributed by atoms with Crippen molar-refractivity contribution in [3.63, 3.8) is 0 Å². The minimum absolute atomic E-state index is 0.0714. The van der Waals surface area contributed by atoms with E-state index >= 15 is 0 Å². The van der Waals surface area contributed by atoms with Crippen LogP contribution in [0, 0.1) is 10.1 Å². The number of hydrogen-bond donors (Lipinski definition) is 0. The Kier molecular flexibility index (Phi) is 6.05. The molecule has 1 saturated heterocycles. The molecule has 2 aromatic rings. The largest absolute Gasteiger partial charge is 0.340 e. The van der Waals surface area contributed by atoms with Crippen molar-refractivity contribution in [2.24, 2.45) is 0 Å². The zero-order valence-corrected chi connectivity index (χ0v) is 16.0. The number of nitrogens with zero attached hydrogens (tertiary/aromatic N) is 3. The van der Waals surface area contributed by atoms with Gasteiger partial charge < -0.3 is 4.90 Å². The predicted molar refractivity (Wildman–Crippen MR) is 104 cm³/mol. The summed E-state index contributed by atoms with van der Waals surface area (Å²) in [5.41, 5.74) is 0.994. The van der Waals surface area contributed by atoms with E-state index in [4.69, 9.17) is 0 Å². The van der Waals surface area contributed by atoms with Crippen molar-refractivity contribution >= 4 is 21.6 Å². The molecule has 0 aromatic heterocycles. The van der Waals surface area contributed by atoms with Crippen LogP contribution in [0.3, 0.4) is 0 Å². The highest BCUT2D eigenvalue weighted by Crippen LogP contribution is 2.20. The number of carbonyl (C=O) groups excluding carboxylic acids is 1. The summed E-state index contributed by atoms with van der Waals surface area (Å²) in [4.78, 5) is 24.7. The average molecular weight is 403 g/mol. The van der Waals surface area contributed by atoms with Crippen molar-refractivity contribution in [3.8, 4) is 0 Å². The van der Waals surface area contributed by atoms with E-state index < -0.39 is 14.9 Å². The van der Waals surface area contributed by atoms with Crippen molar-refractivity contribution in [1.29, 1.82) is 0 Å². The molecule has 1 aliphatic rings. The van der Waals surface area contributed by atoms with Gasteiger partial charge >= 0.3 is 0 Å². The highest BCUT2D eigenvalue weighted by atomic mass is 32.2. The number of nitro groups is 1. The second-order valence-corrected chi connectivity index (χ2v) is 8.55. The zero-order chi connectivity index (χ0) is 20.1. The minimum atomic E-state index is -3.46. The SMILES string of the molecule is O=C(Cc1ccccc1[N+](=O)[O-])N1CCN(S(=O)(=O)Cc2ccccc2)CC1. The fourth-order valence-corrected chi connectivity index (χ4v) is 4.72. The van der Waals surface area contributed by atoms with Crippen molar-refractivity contribution in [1.82, 2.24) is 9.21 Å². The van der Waals surface area contributed by atoms with Crippen LogP contribution in [0.25, 0.3) is 0 Å². The number of para-hydroxylation sites is 1. The molecule has 1 heterocycles. The first-order valence-electron chi connectivity index (χ1n) is 8.88. The monoisotopic (exact) mass is 403 g/mol. The van der Waals surface area contributed by atoms with Gasteiger partial charge in [-0.3, -0.25) is 14.9 Å². The van der Waals surface area contributed by atoms with Crippen LogP contribution >= 0.6 is 0 Å². The van der Waals surface area contributed by atoms with Crippen LogP contribution in [-0.4, -0.2) is 54.6 Å². The van der Waals surface area contributed by atoms with E-state index in [1.165, 1.54) is 10.4 Å². The number of piperazine rings is 1. The Morgan fingerprint density at radius 1 is 0.964 bits per heavy atom. The standard InChI is InChI=1S/C19H21N3O5S/c23-19(14-17-8-4-5-9-18(17)22(24)25)20-10-12-21(13-11-20)28(26,27)15-16-6-2-1-3-7-16/h1-9H,10-15H2. The summed E-state index contributed by atoms with van der Waals surface area (Å²) in [5, 5.41) is 11.1. The maximum Gasteiger partial charge on any atom is 0.273 e. The lowest BCUT2D eigenvalue weighted by atomic mass is 10.1. The molecule has 0 N–H and O–H groups in total. The number of amides is 1. The fraction of sp³-hybridized carbons (Fsp3) is 0.316. The molecule has 2 aromatic carbocycles. The molecule has 0 spiro atoms. The lowest BCUT2D eigenvalue weighted by Gasteiger charge is -2.34. The Morgan fingerprint density at radius 2 is 1.57 bits per heavy atom. The first-order chi connectivity index (χ1) is 13.4. The molecule has 0 saturated carbocycles. The molecule has 9 heteroatoms. The normalized spacial score (nSPS) is 15.4. The summed E-state index contributed by atoms with van der Waals surface area (Å²) in [5.74, 6) is -0.313. The number of rotatable bonds is 6. The van der Waals surface area contributed by atoms with Crippen LogP contribution in [-0.2, 0) is 27.0 Å². The van der Waals surface area contributed by atoms with Crippen LogP contribution in [0.5, 0.6) is 0 Å². The Labute approximate surface area is 163 Å². The minimum Gasteiger partial charge on any atom is -0.340 e. The molecule has 1 fully saturated rings. The second-order valence-electron chi connectivity index (χ2n) is 6.58. The summed E-state index contributed by atoms with van der Waals surface area (Å²) in [7, 11) is -3.46. The third-order valence-corrected chi connectivity index (χ3v) is 6.56. The number of sulfonamides is 1. The quantitative estimate of drug-likeness (QED) is 0.541. The maximum absolute atomic E-state index is 12.6. The summed E-state index contributed by atoms with van der Waals surface area (Å²) in [6.45, 7) is 0.983. The smallest absolute Gasteiger partial charge is 0.273 e. The number of nitro benzene ring substituents is 1. The van der Waals surface area contributed by atoms with Crippen LogP contribution in [0.15, 0.2) is 54.6 Å². The van der Waals surface area contributed by atoms with Gasteiger partial charge in [-0.05, 0) is 5.56 Å². The third kappa shape index (κ3) is 4.73. The molecular formula is C19H21N3O5S. The molecule has 3 rings (SSSR count). The van der Waals surface area contributed by atoms with E-state index in [1.807, 2.05) is 6.07 Å². The Balaban J connectivity index is 1.59. The summed E-state index contributed by atoms with van der Waals surface area (Å²) >= 11 is 0. The molecule has 0 unspecified atom stereocenters. The van der Waals surface area contributed by atoms with E-state index in [0.29, 0.717) is 5.56 Å². The second kappa shape index (κ2) is 8.49. The van der Waals surface area contributed by atoms with Crippen molar-refractivity contribution in [3.05, 3.63) is 75.8 Å². The van der Waals surface area contributed by atoms with Crippen LogP contribution < -0.4 is 0 Å². The molecule has 8 nitrogen and oxygen atoms in total. The summed E-state index contributed by atoms with van der Waals surface area (Å²) in [6, 6.07) is 15.1. The molecule has 0 atom stereocenters. The van der Waals surface area contributed by atoms with Gasteiger partial charge in [-0.2, -0.15) is 4.31 Å². The van der Waals surface area contributed by atoms with E-state index in [1.54, 1.807) is 47.4 Å². The van der Waals surface area contributed by atoms with Gasteiger partial charge in [0, 0.05) is 37.8 Å². The number of hydrogen-bond acceptors (Lipinski definition) is 5. The third-order valence-electron chi connectivity index (χ3n) is 4.71. The average Bonchev–Trinajstić information content (AvgIpc) is 2.69. The van der Waals surface area contributed by atoms with Crippen molar-refractivity contribution < 1.29 is 18.1 Å². The zero-order valence-electron chi connectivity index (χ0n) is 15.2. The highest BCUT2D eigenvalue weighted by molar-refractivity contribution is 7.88. The predicted octanol–water partition coefficient (Wildman–Crippen LogP) is 1.81. The Hall–Kier alpha value is -2.78. The Morgan fingerprint density at radius 3 is 2.21 bits per heavy atom. The van der Waals surface area contributed by atoms with Gasteiger partial charge in [0.2, 0.25) is 15.9 Å². The topological polar surface area (TPSA) is 101 Å². The van der Waals surface area contributed by atoms with E-state index in [9.17, 15) is 23.3 Å². The molecule has 1 amide bonds. The summed E-state index contributed by atoms with van der Waals surface area (Å²) < 4.78 is 26.6. The number of benzene rings is 2. The maximum atomic E-state index is 12.6. The van der Waals surface area contributed by atoms with Crippen molar-refractivity contribution in [2.75, 3.05) is 26.2 Å².